The van der Waals surface area contributed by atoms with E-state index in [-0.39, 0.29) is 0 Å². The number of thioether (sulfide) groups is 1. The molecule has 1 N–H and O–H groups in total. The van der Waals surface area contributed by atoms with Crippen LogP contribution in [0.3, 0.4) is 0 Å². The molecule has 0 aliphatic heterocycles. The second kappa shape index (κ2) is 6.97. The highest BCUT2D eigenvalue weighted by Gasteiger charge is 2.17. The molecule has 1 rings (SSSR count). The summed E-state index contributed by atoms with van der Waals surface area (Å²) < 4.78 is 0. The largest absolute Gasteiger partial charge is 0.233 e. The van der Waals surface area contributed by atoms with Crippen LogP contribution in [0.15, 0.2) is 0 Å². The molecule has 0 saturated heterocycles. The number of nitrogens with one attached hydrogen (secondary N) is 1. The molecule has 1 fully saturated rings. The molecule has 1 nitrogen and oxygen atoms in total. The van der Waals surface area contributed by atoms with Gasteiger partial charge in [-0.3, -0.25) is 0 Å². The average Bonchev–Trinajstić information content (AvgIpc) is 2.33. The molecule has 0 radical (unpaired) electrons. The predicted molar refractivity (Wildman–Crippen MR) is 62.3 cm³/mol. The summed E-state index contributed by atoms with van der Waals surface area (Å²) in [6.07, 6.45) is 9.18. The molecule has 0 aromatic rings. The van der Waals surface area contributed by atoms with E-state index in [1.807, 2.05) is 11.8 Å². The van der Waals surface area contributed by atoms with Crippen molar-refractivity contribution in [3.8, 4) is 0 Å². The lowest BCUT2D eigenvalue weighted by Gasteiger charge is -2.13. The molecular weight excluding hydrogens is 202 g/mol. The van der Waals surface area contributed by atoms with Crippen molar-refractivity contribution in [2.24, 2.45) is 11.8 Å². The highest BCUT2D eigenvalue weighted by molar-refractivity contribution is 7.98. The van der Waals surface area contributed by atoms with Gasteiger partial charge in [0.25, 0.3) is 0 Å². The number of hydrogen-bond donors (Lipinski definition) is 1. The van der Waals surface area contributed by atoms with Gasteiger partial charge in [0.1, 0.15) is 0 Å². The van der Waals surface area contributed by atoms with E-state index in [4.69, 9.17) is 11.8 Å². The van der Waals surface area contributed by atoms with Gasteiger partial charge in [-0.1, -0.05) is 6.42 Å². The third-order valence-electron chi connectivity index (χ3n) is 2.98. The second-order valence-electron chi connectivity index (χ2n) is 4.03. The van der Waals surface area contributed by atoms with Crippen molar-refractivity contribution in [1.29, 1.82) is 0 Å². The van der Waals surface area contributed by atoms with Crippen molar-refractivity contribution < 1.29 is 0 Å². The molecule has 1 aliphatic rings. The van der Waals surface area contributed by atoms with E-state index in [9.17, 15) is 0 Å². The Morgan fingerprint density at radius 1 is 1.23 bits per heavy atom. The van der Waals surface area contributed by atoms with Gasteiger partial charge in [0.2, 0.25) is 0 Å². The van der Waals surface area contributed by atoms with Crippen LogP contribution in [0.2, 0.25) is 0 Å². The zero-order chi connectivity index (χ0) is 9.52. The van der Waals surface area contributed by atoms with Gasteiger partial charge in [-0.2, -0.15) is 11.8 Å². The van der Waals surface area contributed by atoms with E-state index >= 15 is 0 Å². The summed E-state index contributed by atoms with van der Waals surface area (Å²) in [6, 6.07) is 0. The molecule has 2 atom stereocenters. The molecule has 0 heterocycles. The minimum absolute atomic E-state index is 0.823. The maximum absolute atomic E-state index is 5.53. The van der Waals surface area contributed by atoms with Gasteiger partial charge in [-0.15, -0.1) is 0 Å². The van der Waals surface area contributed by atoms with Crippen LogP contribution in [0, 0.1) is 11.8 Å². The summed E-state index contributed by atoms with van der Waals surface area (Å²) in [5.74, 6) is 3.14. The Hall–Kier alpha value is 0.600. The summed E-state index contributed by atoms with van der Waals surface area (Å²) >= 11 is 7.52. The van der Waals surface area contributed by atoms with Crippen LogP contribution in [0.5, 0.6) is 0 Å². The lowest BCUT2D eigenvalue weighted by molar-refractivity contribution is 0.446. The maximum atomic E-state index is 5.53. The first kappa shape index (κ1) is 11.7. The quantitative estimate of drug-likeness (QED) is 0.578. The van der Waals surface area contributed by atoms with E-state index in [0.29, 0.717) is 0 Å². The van der Waals surface area contributed by atoms with E-state index in [0.717, 1.165) is 18.4 Å². The Morgan fingerprint density at radius 3 is 2.62 bits per heavy atom. The predicted octanol–water partition coefficient (Wildman–Crippen LogP) is 3.29. The Kier molecular flexibility index (Phi) is 6.26. The minimum Gasteiger partial charge on any atom is -0.233 e. The van der Waals surface area contributed by atoms with Crippen molar-refractivity contribution in [2.45, 2.75) is 32.1 Å². The van der Waals surface area contributed by atoms with Gasteiger partial charge in [-0.05, 0) is 61.3 Å². The summed E-state index contributed by atoms with van der Waals surface area (Å²) in [6.45, 7) is 0.994. The van der Waals surface area contributed by atoms with E-state index in [1.165, 1.54) is 37.9 Å². The lowest BCUT2D eigenvalue weighted by Crippen LogP contribution is -2.14. The summed E-state index contributed by atoms with van der Waals surface area (Å²) in [5.41, 5.74) is 0. The molecule has 1 aliphatic carbocycles. The fraction of sp³-hybridized carbons (Fsp3) is 1.00. The summed E-state index contributed by atoms with van der Waals surface area (Å²) in [4.78, 5) is 2.78. The van der Waals surface area contributed by atoms with Crippen LogP contribution in [0.25, 0.3) is 0 Å². The van der Waals surface area contributed by atoms with Crippen molar-refractivity contribution in [3.63, 3.8) is 0 Å². The summed E-state index contributed by atoms with van der Waals surface area (Å²) in [7, 11) is 0. The van der Waals surface area contributed by atoms with Gasteiger partial charge in [0, 0.05) is 6.54 Å². The second-order valence-corrected chi connectivity index (χ2v) is 5.21. The first-order chi connectivity index (χ1) is 6.36. The van der Waals surface area contributed by atoms with Crippen molar-refractivity contribution >= 4 is 23.5 Å². The molecule has 0 spiro atoms. The SMILES string of the molecule is CSCC1CCCC(CNCl)CC1. The number of rotatable bonds is 4. The molecule has 0 aromatic carbocycles. The minimum atomic E-state index is 0.823. The standard InChI is InChI=1S/C10H20ClNS/c1-13-8-10-4-2-3-9(5-6-10)7-12-11/h9-10,12H,2-8H2,1H3. The molecular formula is C10H20ClNS. The highest BCUT2D eigenvalue weighted by Crippen LogP contribution is 2.28. The Morgan fingerprint density at radius 2 is 1.92 bits per heavy atom. The van der Waals surface area contributed by atoms with Gasteiger partial charge in [-0.25, -0.2) is 4.84 Å². The average molecular weight is 222 g/mol. The molecule has 1 saturated carbocycles. The van der Waals surface area contributed by atoms with Crippen LogP contribution in [-0.2, 0) is 0 Å². The number of halogens is 1. The molecule has 3 heteroatoms. The topological polar surface area (TPSA) is 12.0 Å². The zero-order valence-electron chi connectivity index (χ0n) is 8.39. The molecule has 78 valence electrons. The monoisotopic (exact) mass is 221 g/mol. The number of hydrogen-bond acceptors (Lipinski definition) is 2. The van der Waals surface area contributed by atoms with Gasteiger partial charge >= 0.3 is 0 Å². The summed E-state index contributed by atoms with van der Waals surface area (Å²) in [5, 5.41) is 0. The Labute approximate surface area is 91.1 Å². The van der Waals surface area contributed by atoms with E-state index in [2.05, 4.69) is 11.1 Å². The molecule has 0 amide bonds. The normalized spacial score (nSPS) is 30.0. The van der Waals surface area contributed by atoms with Crippen LogP contribution in [0.4, 0.5) is 0 Å². The van der Waals surface area contributed by atoms with Crippen LogP contribution in [0.1, 0.15) is 32.1 Å². The highest BCUT2D eigenvalue weighted by atomic mass is 35.5. The van der Waals surface area contributed by atoms with Crippen LogP contribution >= 0.6 is 23.5 Å². The van der Waals surface area contributed by atoms with E-state index < -0.39 is 0 Å². The maximum Gasteiger partial charge on any atom is 0.0136 e. The van der Waals surface area contributed by atoms with Gasteiger partial charge in [0.15, 0.2) is 0 Å². The molecule has 0 bridgehead atoms. The first-order valence-electron chi connectivity index (χ1n) is 5.19. The third-order valence-corrected chi connectivity index (χ3v) is 3.94. The van der Waals surface area contributed by atoms with Crippen LogP contribution in [-0.4, -0.2) is 18.6 Å². The smallest absolute Gasteiger partial charge is 0.0136 e. The van der Waals surface area contributed by atoms with Gasteiger partial charge < -0.3 is 0 Å². The Balaban J connectivity index is 2.22. The van der Waals surface area contributed by atoms with Crippen molar-refractivity contribution in [2.75, 3.05) is 18.6 Å². The zero-order valence-corrected chi connectivity index (χ0v) is 9.96. The fourth-order valence-corrected chi connectivity index (χ4v) is 3.19. The molecule has 0 aromatic heterocycles. The van der Waals surface area contributed by atoms with E-state index in [1.54, 1.807) is 0 Å². The Bertz CT molecular complexity index is 118. The third kappa shape index (κ3) is 4.57. The van der Waals surface area contributed by atoms with Crippen molar-refractivity contribution in [1.82, 2.24) is 4.84 Å². The molecule has 13 heavy (non-hydrogen) atoms. The van der Waals surface area contributed by atoms with Crippen LogP contribution < -0.4 is 4.84 Å². The first-order valence-corrected chi connectivity index (χ1v) is 6.96. The lowest BCUT2D eigenvalue weighted by atomic mass is 9.99. The van der Waals surface area contributed by atoms with Gasteiger partial charge in [0.05, 0.1) is 0 Å². The molecule has 2 unspecified atom stereocenters. The fourth-order valence-electron chi connectivity index (χ4n) is 2.17. The van der Waals surface area contributed by atoms with Crippen molar-refractivity contribution in [3.05, 3.63) is 0 Å².